The molecule has 0 atom stereocenters. The molecule has 1 N–H and O–H groups in total. The minimum Gasteiger partial charge on any atom is -0.393 e. The van der Waals surface area contributed by atoms with E-state index in [2.05, 4.69) is 14.9 Å². The average molecular weight is 221 g/mol. The van der Waals surface area contributed by atoms with Crippen LogP contribution < -0.4 is 4.90 Å². The first-order valence-electron chi connectivity index (χ1n) is 5.75. The first-order valence-corrected chi connectivity index (χ1v) is 5.75. The van der Waals surface area contributed by atoms with Gasteiger partial charge in [0.05, 0.1) is 23.7 Å². The number of aliphatic hydroxyl groups excluding tert-OH is 1. The van der Waals surface area contributed by atoms with Crippen LogP contribution in [0.25, 0.3) is 0 Å². The Morgan fingerprint density at radius 3 is 2.62 bits per heavy atom. The predicted molar refractivity (Wildman–Crippen MR) is 63.5 cm³/mol. The molecule has 0 unspecified atom stereocenters. The molecule has 1 aliphatic carbocycles. The topological polar surface area (TPSA) is 49.2 Å². The monoisotopic (exact) mass is 221 g/mol. The third-order valence-electron chi connectivity index (χ3n) is 3.31. The van der Waals surface area contributed by atoms with Gasteiger partial charge in [-0.25, -0.2) is 4.98 Å². The standard InChI is InChI=1S/C12H19N3O/c1-8-9(2)14-12(6-13-8)15(3)7-10-4-11(16)5-10/h6,10-11,16H,4-5,7H2,1-3H3. The Morgan fingerprint density at radius 1 is 1.38 bits per heavy atom. The molecule has 1 heterocycles. The van der Waals surface area contributed by atoms with Crippen molar-refractivity contribution in [2.75, 3.05) is 18.5 Å². The van der Waals surface area contributed by atoms with Crippen LogP contribution in [0.4, 0.5) is 5.82 Å². The number of aliphatic hydroxyl groups is 1. The van der Waals surface area contributed by atoms with Crippen molar-refractivity contribution in [2.24, 2.45) is 5.92 Å². The van der Waals surface area contributed by atoms with Crippen molar-refractivity contribution >= 4 is 5.82 Å². The normalized spacial score (nSPS) is 24.0. The predicted octanol–water partition coefficient (Wildman–Crippen LogP) is 1.30. The van der Waals surface area contributed by atoms with Crippen LogP contribution in [-0.2, 0) is 0 Å². The van der Waals surface area contributed by atoms with Crippen molar-refractivity contribution in [1.29, 1.82) is 0 Å². The minimum atomic E-state index is -0.0794. The maximum Gasteiger partial charge on any atom is 0.147 e. The summed E-state index contributed by atoms with van der Waals surface area (Å²) in [5.74, 6) is 1.52. The molecule has 1 aliphatic rings. The van der Waals surface area contributed by atoms with E-state index in [-0.39, 0.29) is 6.10 Å². The minimum absolute atomic E-state index is 0.0794. The summed E-state index contributed by atoms with van der Waals surface area (Å²) in [5.41, 5.74) is 1.97. The van der Waals surface area contributed by atoms with E-state index < -0.39 is 0 Å². The van der Waals surface area contributed by atoms with Gasteiger partial charge in [0.25, 0.3) is 0 Å². The van der Waals surface area contributed by atoms with Crippen LogP contribution in [0, 0.1) is 19.8 Å². The zero-order chi connectivity index (χ0) is 11.7. The van der Waals surface area contributed by atoms with Crippen molar-refractivity contribution in [2.45, 2.75) is 32.8 Å². The van der Waals surface area contributed by atoms with Gasteiger partial charge in [0.1, 0.15) is 5.82 Å². The first kappa shape index (κ1) is 11.3. The molecular weight excluding hydrogens is 202 g/mol. The van der Waals surface area contributed by atoms with Gasteiger partial charge in [0.2, 0.25) is 0 Å². The summed E-state index contributed by atoms with van der Waals surface area (Å²) in [6.45, 7) is 4.90. The van der Waals surface area contributed by atoms with Gasteiger partial charge >= 0.3 is 0 Å². The Labute approximate surface area is 96.3 Å². The highest BCUT2D eigenvalue weighted by atomic mass is 16.3. The van der Waals surface area contributed by atoms with E-state index in [1.807, 2.05) is 27.1 Å². The summed E-state index contributed by atoms with van der Waals surface area (Å²) in [6.07, 6.45) is 3.58. The maximum absolute atomic E-state index is 9.24. The zero-order valence-electron chi connectivity index (χ0n) is 10.1. The fourth-order valence-corrected chi connectivity index (χ4v) is 2.04. The van der Waals surface area contributed by atoms with E-state index in [4.69, 9.17) is 0 Å². The molecule has 1 aromatic heterocycles. The number of nitrogens with zero attached hydrogens (tertiary/aromatic N) is 3. The Balaban J connectivity index is 1.97. The van der Waals surface area contributed by atoms with Crippen LogP contribution in [0.2, 0.25) is 0 Å². The fraction of sp³-hybridized carbons (Fsp3) is 0.667. The molecule has 1 saturated carbocycles. The SMILES string of the molecule is Cc1ncc(N(C)CC2CC(O)C2)nc1C. The number of aromatic nitrogens is 2. The summed E-state index contributed by atoms with van der Waals surface area (Å²) < 4.78 is 0. The second-order valence-electron chi connectivity index (χ2n) is 4.77. The van der Waals surface area contributed by atoms with E-state index in [1.54, 1.807) is 0 Å². The largest absolute Gasteiger partial charge is 0.393 e. The molecule has 0 aliphatic heterocycles. The average Bonchev–Trinajstić information content (AvgIpc) is 2.19. The quantitative estimate of drug-likeness (QED) is 0.836. The molecule has 0 bridgehead atoms. The van der Waals surface area contributed by atoms with Gasteiger partial charge in [-0.1, -0.05) is 0 Å². The number of anilines is 1. The van der Waals surface area contributed by atoms with E-state index in [0.717, 1.165) is 36.6 Å². The summed E-state index contributed by atoms with van der Waals surface area (Å²) in [5, 5.41) is 9.24. The first-order chi connectivity index (χ1) is 7.56. The van der Waals surface area contributed by atoms with Crippen LogP contribution in [-0.4, -0.2) is 34.8 Å². The molecule has 4 nitrogen and oxygen atoms in total. The second kappa shape index (κ2) is 4.37. The second-order valence-corrected chi connectivity index (χ2v) is 4.77. The van der Waals surface area contributed by atoms with E-state index in [1.165, 1.54) is 0 Å². The summed E-state index contributed by atoms with van der Waals surface area (Å²) in [7, 11) is 2.03. The molecule has 16 heavy (non-hydrogen) atoms. The molecular formula is C12H19N3O. The molecule has 1 aromatic rings. The van der Waals surface area contributed by atoms with Crippen molar-refractivity contribution in [3.05, 3.63) is 17.6 Å². The smallest absolute Gasteiger partial charge is 0.147 e. The number of aryl methyl sites for hydroxylation is 2. The highest BCUT2D eigenvalue weighted by molar-refractivity contribution is 5.36. The molecule has 88 valence electrons. The number of rotatable bonds is 3. The summed E-state index contributed by atoms with van der Waals surface area (Å²) >= 11 is 0. The van der Waals surface area contributed by atoms with E-state index in [9.17, 15) is 5.11 Å². The van der Waals surface area contributed by atoms with Gasteiger partial charge < -0.3 is 10.0 Å². The van der Waals surface area contributed by atoms with Crippen molar-refractivity contribution in [1.82, 2.24) is 9.97 Å². The molecule has 0 spiro atoms. The third-order valence-corrected chi connectivity index (χ3v) is 3.31. The van der Waals surface area contributed by atoms with Crippen LogP contribution in [0.1, 0.15) is 24.2 Å². The third kappa shape index (κ3) is 2.32. The van der Waals surface area contributed by atoms with Crippen molar-refractivity contribution in [3.63, 3.8) is 0 Å². The highest BCUT2D eigenvalue weighted by Gasteiger charge is 2.28. The van der Waals surface area contributed by atoms with Gasteiger partial charge in [-0.05, 0) is 32.6 Å². The summed E-state index contributed by atoms with van der Waals surface area (Å²) in [6, 6.07) is 0. The van der Waals surface area contributed by atoms with Crippen LogP contribution in [0.15, 0.2) is 6.20 Å². The van der Waals surface area contributed by atoms with Crippen molar-refractivity contribution < 1.29 is 5.11 Å². The Kier molecular flexibility index (Phi) is 3.10. The Hall–Kier alpha value is -1.16. The van der Waals surface area contributed by atoms with Crippen LogP contribution in [0.3, 0.4) is 0 Å². The molecule has 0 aromatic carbocycles. The van der Waals surface area contributed by atoms with Gasteiger partial charge in [-0.2, -0.15) is 0 Å². The van der Waals surface area contributed by atoms with Crippen molar-refractivity contribution in [3.8, 4) is 0 Å². The lowest BCUT2D eigenvalue weighted by Crippen LogP contribution is -2.37. The lowest BCUT2D eigenvalue weighted by Gasteiger charge is -2.34. The molecule has 4 heteroatoms. The zero-order valence-corrected chi connectivity index (χ0v) is 10.1. The Bertz CT molecular complexity index is 375. The number of hydrogen-bond acceptors (Lipinski definition) is 4. The lowest BCUT2D eigenvalue weighted by atomic mass is 9.82. The van der Waals surface area contributed by atoms with Gasteiger partial charge in [0.15, 0.2) is 0 Å². The molecule has 0 amide bonds. The van der Waals surface area contributed by atoms with Crippen LogP contribution in [0.5, 0.6) is 0 Å². The molecule has 0 saturated heterocycles. The van der Waals surface area contributed by atoms with Gasteiger partial charge in [0, 0.05) is 13.6 Å². The molecule has 0 radical (unpaired) electrons. The maximum atomic E-state index is 9.24. The van der Waals surface area contributed by atoms with E-state index >= 15 is 0 Å². The fourth-order valence-electron chi connectivity index (χ4n) is 2.04. The molecule has 1 fully saturated rings. The highest BCUT2D eigenvalue weighted by Crippen LogP contribution is 2.28. The van der Waals surface area contributed by atoms with Crippen LogP contribution >= 0.6 is 0 Å². The van der Waals surface area contributed by atoms with E-state index in [0.29, 0.717) is 5.92 Å². The van der Waals surface area contributed by atoms with Gasteiger partial charge in [-0.15, -0.1) is 0 Å². The Morgan fingerprint density at radius 2 is 2.06 bits per heavy atom. The van der Waals surface area contributed by atoms with Gasteiger partial charge in [-0.3, -0.25) is 4.98 Å². The molecule has 2 rings (SSSR count). The lowest BCUT2D eigenvalue weighted by molar-refractivity contribution is 0.0464. The summed E-state index contributed by atoms with van der Waals surface area (Å²) in [4.78, 5) is 10.9. The number of hydrogen-bond donors (Lipinski definition) is 1.